The number of aromatic nitrogens is 2. The average Bonchev–Trinajstić information content (AvgIpc) is 3.04. The Morgan fingerprint density at radius 3 is 2.72 bits per heavy atom. The molecule has 2 amide bonds. The quantitative estimate of drug-likeness (QED) is 0.538. The van der Waals surface area contributed by atoms with Gasteiger partial charge in [-0.1, -0.05) is 35.7 Å². The summed E-state index contributed by atoms with van der Waals surface area (Å²) < 4.78 is 0. The van der Waals surface area contributed by atoms with Gasteiger partial charge < -0.3 is 15.6 Å². The molecule has 1 heterocycles. The summed E-state index contributed by atoms with van der Waals surface area (Å²) in [5.41, 5.74) is 2.61. The molecule has 0 aliphatic heterocycles. The molecule has 1 atom stereocenters. The van der Waals surface area contributed by atoms with Gasteiger partial charge in [-0.3, -0.25) is 9.59 Å². The van der Waals surface area contributed by atoms with E-state index in [0.29, 0.717) is 11.6 Å². The van der Waals surface area contributed by atoms with E-state index in [2.05, 4.69) is 20.6 Å². The largest absolute Gasteiger partial charge is 0.342 e. The molecule has 3 N–H and O–H groups in total. The van der Waals surface area contributed by atoms with Crippen molar-refractivity contribution in [3.63, 3.8) is 0 Å². The number of imidazole rings is 1. The molecule has 3 aromatic rings. The van der Waals surface area contributed by atoms with Crippen LogP contribution in [0.2, 0.25) is 10.0 Å². The fourth-order valence-corrected chi connectivity index (χ4v) is 3.64. The van der Waals surface area contributed by atoms with Crippen molar-refractivity contribution in [3.8, 4) is 0 Å². The predicted octanol–water partition coefficient (Wildman–Crippen LogP) is 4.89. The first-order chi connectivity index (χ1) is 13.9. The number of hydrogen-bond acceptors (Lipinski definition) is 3. The van der Waals surface area contributed by atoms with Crippen molar-refractivity contribution in [1.29, 1.82) is 0 Å². The summed E-state index contributed by atoms with van der Waals surface area (Å²) in [6.45, 7) is 1.61. The van der Waals surface area contributed by atoms with E-state index in [9.17, 15) is 9.59 Å². The van der Waals surface area contributed by atoms with E-state index in [-0.39, 0.29) is 21.5 Å². The lowest BCUT2D eigenvalue weighted by molar-refractivity contribution is -0.117. The van der Waals surface area contributed by atoms with Crippen LogP contribution in [0.4, 0.5) is 5.69 Å². The molecule has 0 bridgehead atoms. The zero-order valence-electron chi connectivity index (χ0n) is 15.8. The number of hydrogen-bond donors (Lipinski definition) is 3. The van der Waals surface area contributed by atoms with E-state index in [1.54, 1.807) is 31.2 Å². The number of anilines is 1. The number of carbonyl (C=O) groups excluding carboxylic acids is 2. The molecule has 1 saturated carbocycles. The minimum atomic E-state index is -0.763. The van der Waals surface area contributed by atoms with Gasteiger partial charge in [-0.05, 0) is 50.1 Å². The van der Waals surface area contributed by atoms with Gasteiger partial charge >= 0.3 is 0 Å². The Bertz CT molecular complexity index is 1090. The van der Waals surface area contributed by atoms with Gasteiger partial charge in [0.05, 0.1) is 26.6 Å². The summed E-state index contributed by atoms with van der Waals surface area (Å²) >= 11 is 12.0. The Kier molecular flexibility index (Phi) is 5.48. The molecule has 4 rings (SSSR count). The fourth-order valence-electron chi connectivity index (χ4n) is 3.25. The van der Waals surface area contributed by atoms with Crippen LogP contribution < -0.4 is 10.6 Å². The van der Waals surface area contributed by atoms with Gasteiger partial charge in [0.1, 0.15) is 11.9 Å². The number of amides is 2. The number of halogens is 2. The molecular weight excluding hydrogens is 411 g/mol. The van der Waals surface area contributed by atoms with Crippen molar-refractivity contribution in [2.45, 2.75) is 38.1 Å². The van der Waals surface area contributed by atoms with E-state index >= 15 is 0 Å². The van der Waals surface area contributed by atoms with Crippen LogP contribution in [0.25, 0.3) is 11.0 Å². The molecule has 1 aliphatic carbocycles. The lowest BCUT2D eigenvalue weighted by atomic mass is 9.85. The molecule has 29 heavy (non-hydrogen) atoms. The maximum absolute atomic E-state index is 12.5. The van der Waals surface area contributed by atoms with Gasteiger partial charge in [-0.2, -0.15) is 0 Å². The van der Waals surface area contributed by atoms with Crippen LogP contribution >= 0.6 is 23.2 Å². The second kappa shape index (κ2) is 8.05. The first-order valence-corrected chi connectivity index (χ1v) is 10.2. The standard InChI is InChI=1S/C21H20Cl2N4O2/c1-11(24-21(29)14-6-3-7-15(22)18(14)23)20(28)25-13-8-9-16-17(10-13)27-19(26-16)12-4-2-5-12/h3,6-12H,2,4-5H2,1H3,(H,24,29)(H,25,28)(H,26,27). The van der Waals surface area contributed by atoms with Gasteiger partial charge in [0.15, 0.2) is 0 Å². The van der Waals surface area contributed by atoms with Crippen molar-refractivity contribution in [2.75, 3.05) is 5.32 Å². The third-order valence-corrected chi connectivity index (χ3v) is 6.02. The maximum atomic E-state index is 12.5. The van der Waals surface area contributed by atoms with Crippen LogP contribution in [0.3, 0.4) is 0 Å². The molecule has 1 aliphatic rings. The van der Waals surface area contributed by atoms with Crippen molar-refractivity contribution in [2.24, 2.45) is 0 Å². The Hall–Kier alpha value is -2.57. The van der Waals surface area contributed by atoms with E-state index in [4.69, 9.17) is 23.2 Å². The number of nitrogens with one attached hydrogen (secondary N) is 3. The highest BCUT2D eigenvalue weighted by Gasteiger charge is 2.23. The lowest BCUT2D eigenvalue weighted by Gasteiger charge is -2.22. The third kappa shape index (κ3) is 4.09. The number of rotatable bonds is 5. The topological polar surface area (TPSA) is 86.9 Å². The van der Waals surface area contributed by atoms with Gasteiger partial charge in [0, 0.05) is 11.6 Å². The maximum Gasteiger partial charge on any atom is 0.253 e. The van der Waals surface area contributed by atoms with Gasteiger partial charge in [0.2, 0.25) is 5.91 Å². The number of nitrogens with zero attached hydrogens (tertiary/aromatic N) is 1. The second-order valence-electron chi connectivity index (χ2n) is 7.27. The SMILES string of the molecule is CC(NC(=O)c1cccc(Cl)c1Cl)C(=O)Nc1ccc2nc(C3CCC3)[nH]c2c1. The van der Waals surface area contributed by atoms with Crippen LogP contribution in [-0.4, -0.2) is 27.8 Å². The lowest BCUT2D eigenvalue weighted by Crippen LogP contribution is -2.41. The summed E-state index contributed by atoms with van der Waals surface area (Å²) in [5.74, 6) is 0.714. The number of benzene rings is 2. The van der Waals surface area contributed by atoms with E-state index < -0.39 is 11.9 Å². The summed E-state index contributed by atoms with van der Waals surface area (Å²) in [4.78, 5) is 32.9. The van der Waals surface area contributed by atoms with Crippen molar-refractivity contribution < 1.29 is 9.59 Å². The molecule has 0 saturated heterocycles. The van der Waals surface area contributed by atoms with Gasteiger partial charge in [0.25, 0.3) is 5.91 Å². The van der Waals surface area contributed by atoms with Crippen molar-refractivity contribution >= 4 is 51.7 Å². The molecule has 1 unspecified atom stereocenters. The highest BCUT2D eigenvalue weighted by Crippen LogP contribution is 2.35. The Morgan fingerprint density at radius 2 is 2.00 bits per heavy atom. The second-order valence-corrected chi connectivity index (χ2v) is 8.05. The number of aromatic amines is 1. The summed E-state index contributed by atoms with van der Waals surface area (Å²) in [6, 6.07) is 9.54. The minimum absolute atomic E-state index is 0.159. The smallest absolute Gasteiger partial charge is 0.253 e. The first kappa shape index (κ1) is 19.7. The van der Waals surface area contributed by atoms with Crippen LogP contribution in [0.15, 0.2) is 36.4 Å². The summed E-state index contributed by atoms with van der Waals surface area (Å²) in [6.07, 6.45) is 3.57. The zero-order valence-corrected chi connectivity index (χ0v) is 17.3. The van der Waals surface area contributed by atoms with Crippen LogP contribution in [-0.2, 0) is 4.79 Å². The molecule has 1 aromatic heterocycles. The highest BCUT2D eigenvalue weighted by molar-refractivity contribution is 6.43. The third-order valence-electron chi connectivity index (χ3n) is 5.20. The van der Waals surface area contributed by atoms with Crippen LogP contribution in [0.1, 0.15) is 48.3 Å². The van der Waals surface area contributed by atoms with Crippen LogP contribution in [0, 0.1) is 0 Å². The molecule has 8 heteroatoms. The van der Waals surface area contributed by atoms with E-state index in [0.717, 1.165) is 29.7 Å². The Morgan fingerprint density at radius 1 is 1.21 bits per heavy atom. The molecule has 1 fully saturated rings. The van der Waals surface area contributed by atoms with Crippen molar-refractivity contribution in [3.05, 3.63) is 57.8 Å². The van der Waals surface area contributed by atoms with E-state index in [1.807, 2.05) is 12.1 Å². The monoisotopic (exact) mass is 430 g/mol. The Labute approximate surface area is 178 Å². The zero-order chi connectivity index (χ0) is 20.5. The van der Waals surface area contributed by atoms with Gasteiger partial charge in [-0.25, -0.2) is 4.98 Å². The van der Waals surface area contributed by atoms with E-state index in [1.165, 1.54) is 6.42 Å². The van der Waals surface area contributed by atoms with Crippen molar-refractivity contribution in [1.82, 2.24) is 15.3 Å². The summed E-state index contributed by atoms with van der Waals surface area (Å²) in [5, 5.41) is 5.91. The molecule has 2 aromatic carbocycles. The number of fused-ring (bicyclic) bond motifs is 1. The fraction of sp³-hybridized carbons (Fsp3) is 0.286. The summed E-state index contributed by atoms with van der Waals surface area (Å²) in [7, 11) is 0. The molecular formula is C21H20Cl2N4O2. The average molecular weight is 431 g/mol. The first-order valence-electron chi connectivity index (χ1n) is 9.48. The Balaban J connectivity index is 1.42. The normalized spacial score (nSPS) is 15.0. The molecule has 150 valence electrons. The molecule has 0 radical (unpaired) electrons. The number of carbonyl (C=O) groups is 2. The minimum Gasteiger partial charge on any atom is -0.342 e. The highest BCUT2D eigenvalue weighted by atomic mass is 35.5. The van der Waals surface area contributed by atoms with Crippen LogP contribution in [0.5, 0.6) is 0 Å². The molecule has 6 nitrogen and oxygen atoms in total. The molecule has 0 spiro atoms. The number of H-pyrrole nitrogens is 1. The predicted molar refractivity (Wildman–Crippen MR) is 115 cm³/mol. The van der Waals surface area contributed by atoms with Gasteiger partial charge in [-0.15, -0.1) is 0 Å².